The second-order valence-corrected chi connectivity index (χ2v) is 10.5. The minimum atomic E-state index is -0.517. The maximum absolute atomic E-state index is 14.7. The maximum Gasteiger partial charge on any atom is 0.306 e. The summed E-state index contributed by atoms with van der Waals surface area (Å²) in [6, 6.07) is 6.20. The highest BCUT2D eigenvalue weighted by atomic mass is 32.1. The van der Waals surface area contributed by atoms with Crippen LogP contribution in [0, 0.1) is 17.7 Å². The van der Waals surface area contributed by atoms with Crippen LogP contribution >= 0.6 is 12.6 Å². The molecule has 5 nitrogen and oxygen atoms in total. The molecule has 34 heavy (non-hydrogen) atoms. The Morgan fingerprint density at radius 3 is 2.56 bits per heavy atom. The lowest BCUT2D eigenvalue weighted by Crippen LogP contribution is -2.43. The predicted octanol–water partition coefficient (Wildman–Crippen LogP) is 4.44. The van der Waals surface area contributed by atoms with Gasteiger partial charge in [-0.3, -0.25) is 19.4 Å². The Balaban J connectivity index is 1.38. The molecule has 186 valence electrons. The number of nitrogens with zero attached hydrogens (tertiary/aromatic N) is 2. The van der Waals surface area contributed by atoms with E-state index in [1.54, 1.807) is 12.1 Å². The fourth-order valence-electron chi connectivity index (χ4n) is 5.21. The second kappa shape index (κ2) is 11.8. The highest BCUT2D eigenvalue weighted by molar-refractivity contribution is 7.81. The number of thiol groups is 1. The van der Waals surface area contributed by atoms with Crippen LogP contribution in [0.4, 0.5) is 4.39 Å². The molecule has 3 fully saturated rings. The van der Waals surface area contributed by atoms with Crippen molar-refractivity contribution in [3.8, 4) is 0 Å². The SMILES string of the molecule is CCOC(=O)CC1CCN(C/C=C2/CN(C(C(=O)C3CC3)c3ccccc3F)CCC2S)CC1. The van der Waals surface area contributed by atoms with Crippen LogP contribution in [0.3, 0.4) is 0 Å². The first kappa shape index (κ1) is 25.4. The van der Waals surface area contributed by atoms with Gasteiger partial charge in [0, 0.05) is 42.8 Å². The number of carbonyl (C=O) groups is 2. The van der Waals surface area contributed by atoms with Crippen LogP contribution in [0.1, 0.15) is 57.1 Å². The van der Waals surface area contributed by atoms with Gasteiger partial charge in [0.05, 0.1) is 12.6 Å². The van der Waals surface area contributed by atoms with Gasteiger partial charge in [0.15, 0.2) is 5.78 Å². The number of ether oxygens (including phenoxy) is 1. The summed E-state index contributed by atoms with van der Waals surface area (Å²) in [5.74, 6) is 0.243. The third-order valence-electron chi connectivity index (χ3n) is 7.40. The standard InChI is InChI=1S/C27H37FN2O3S/c1-2-33-25(31)17-19-9-13-29(14-10-19)15-11-21-18-30(16-12-24(21)34)26(27(32)20-7-8-20)22-5-3-4-6-23(22)28/h3-6,11,19-20,24,26,34H,2,7-10,12-18H2,1H3/b21-11-. The summed E-state index contributed by atoms with van der Waals surface area (Å²) in [4.78, 5) is 29.5. The normalized spacial score (nSPS) is 24.8. The van der Waals surface area contributed by atoms with Crippen molar-refractivity contribution in [2.24, 2.45) is 11.8 Å². The van der Waals surface area contributed by atoms with E-state index in [1.165, 1.54) is 11.6 Å². The highest BCUT2D eigenvalue weighted by Crippen LogP contribution is 2.39. The van der Waals surface area contributed by atoms with Crippen LogP contribution < -0.4 is 0 Å². The lowest BCUT2D eigenvalue weighted by Gasteiger charge is -2.38. The number of esters is 1. The first-order chi connectivity index (χ1) is 16.5. The summed E-state index contributed by atoms with van der Waals surface area (Å²) >= 11 is 4.82. The zero-order valence-electron chi connectivity index (χ0n) is 20.1. The number of hydrogen-bond donors (Lipinski definition) is 1. The quantitative estimate of drug-likeness (QED) is 0.316. The molecule has 0 radical (unpaired) electrons. The summed E-state index contributed by atoms with van der Waals surface area (Å²) in [5.41, 5.74) is 1.72. The Kier molecular flexibility index (Phi) is 8.83. The number of likely N-dealkylation sites (tertiary alicyclic amines) is 2. The highest BCUT2D eigenvalue weighted by Gasteiger charge is 2.40. The molecule has 1 saturated carbocycles. The van der Waals surface area contributed by atoms with Crippen molar-refractivity contribution in [2.45, 2.75) is 56.7 Å². The van der Waals surface area contributed by atoms with Crippen molar-refractivity contribution in [1.82, 2.24) is 9.80 Å². The molecule has 4 rings (SSSR count). The molecular formula is C27H37FN2O3S. The topological polar surface area (TPSA) is 49.9 Å². The summed E-state index contributed by atoms with van der Waals surface area (Å²) in [5, 5.41) is 0.162. The monoisotopic (exact) mass is 488 g/mol. The Bertz CT molecular complexity index is 896. The van der Waals surface area contributed by atoms with Gasteiger partial charge in [0.2, 0.25) is 0 Å². The lowest BCUT2D eigenvalue weighted by atomic mass is 9.92. The molecule has 0 N–H and O–H groups in total. The molecule has 0 spiro atoms. The Morgan fingerprint density at radius 2 is 1.88 bits per heavy atom. The van der Waals surface area contributed by atoms with Crippen molar-refractivity contribution >= 4 is 24.4 Å². The average Bonchev–Trinajstić information content (AvgIpc) is 3.67. The summed E-state index contributed by atoms with van der Waals surface area (Å²) in [6.45, 7) is 6.44. The molecule has 2 saturated heterocycles. The average molecular weight is 489 g/mol. The molecule has 0 aromatic heterocycles. The number of halogens is 1. The van der Waals surface area contributed by atoms with Crippen LogP contribution in [0.2, 0.25) is 0 Å². The molecule has 1 aromatic rings. The molecule has 0 bridgehead atoms. The van der Waals surface area contributed by atoms with Crippen molar-refractivity contribution in [3.05, 3.63) is 47.3 Å². The zero-order chi connectivity index (χ0) is 24.1. The molecule has 3 aliphatic rings. The molecule has 2 atom stereocenters. The van der Waals surface area contributed by atoms with Gasteiger partial charge in [-0.05, 0) is 69.7 Å². The smallest absolute Gasteiger partial charge is 0.306 e. The van der Waals surface area contributed by atoms with Gasteiger partial charge in [-0.2, -0.15) is 12.6 Å². The summed E-state index contributed by atoms with van der Waals surface area (Å²) < 4.78 is 19.8. The molecule has 2 heterocycles. The van der Waals surface area contributed by atoms with E-state index in [2.05, 4.69) is 15.9 Å². The first-order valence-electron chi connectivity index (χ1n) is 12.7. The number of rotatable bonds is 9. The van der Waals surface area contributed by atoms with E-state index in [0.717, 1.165) is 58.3 Å². The van der Waals surface area contributed by atoms with Gasteiger partial charge in [-0.1, -0.05) is 24.3 Å². The van der Waals surface area contributed by atoms with Crippen LogP contribution in [0.15, 0.2) is 35.9 Å². The predicted molar refractivity (Wildman–Crippen MR) is 134 cm³/mol. The van der Waals surface area contributed by atoms with Gasteiger partial charge in [-0.15, -0.1) is 0 Å². The third-order valence-corrected chi connectivity index (χ3v) is 7.99. The Hall–Kier alpha value is -1.70. The fourth-order valence-corrected chi connectivity index (χ4v) is 5.51. The van der Waals surface area contributed by atoms with E-state index >= 15 is 0 Å². The van der Waals surface area contributed by atoms with E-state index < -0.39 is 6.04 Å². The van der Waals surface area contributed by atoms with Gasteiger partial charge < -0.3 is 4.74 Å². The minimum absolute atomic E-state index is 0.0710. The molecule has 1 aromatic carbocycles. The number of piperidine rings is 2. The summed E-state index contributed by atoms with van der Waals surface area (Å²) in [6.07, 6.45) is 7.47. The fraction of sp³-hybridized carbons (Fsp3) is 0.630. The maximum atomic E-state index is 14.7. The van der Waals surface area contributed by atoms with Crippen molar-refractivity contribution in [1.29, 1.82) is 0 Å². The molecular weight excluding hydrogens is 451 g/mol. The third kappa shape index (κ3) is 6.49. The lowest BCUT2D eigenvalue weighted by molar-refractivity contribution is -0.144. The number of Topliss-reactive ketones (excluding diaryl/α,β-unsaturated/α-hetero) is 1. The molecule has 1 aliphatic carbocycles. The van der Waals surface area contributed by atoms with Crippen molar-refractivity contribution in [2.75, 3.05) is 39.3 Å². The second-order valence-electron chi connectivity index (χ2n) is 9.91. The van der Waals surface area contributed by atoms with E-state index in [1.807, 2.05) is 13.0 Å². The van der Waals surface area contributed by atoms with E-state index in [0.29, 0.717) is 31.1 Å². The summed E-state index contributed by atoms with van der Waals surface area (Å²) in [7, 11) is 0. The molecule has 0 amide bonds. The molecule has 2 unspecified atom stereocenters. The van der Waals surface area contributed by atoms with Crippen LogP contribution in [-0.2, 0) is 14.3 Å². The van der Waals surface area contributed by atoms with Crippen molar-refractivity contribution in [3.63, 3.8) is 0 Å². The van der Waals surface area contributed by atoms with E-state index in [4.69, 9.17) is 17.4 Å². The van der Waals surface area contributed by atoms with Crippen LogP contribution in [-0.4, -0.2) is 66.1 Å². The largest absolute Gasteiger partial charge is 0.466 e. The van der Waals surface area contributed by atoms with Crippen molar-refractivity contribution < 1.29 is 18.7 Å². The minimum Gasteiger partial charge on any atom is -0.466 e. The van der Waals surface area contributed by atoms with Crippen LogP contribution in [0.5, 0.6) is 0 Å². The number of carbonyl (C=O) groups excluding carboxylic acids is 2. The molecule has 7 heteroatoms. The number of hydrogen-bond acceptors (Lipinski definition) is 6. The number of ketones is 1. The Labute approximate surface area is 208 Å². The van der Waals surface area contributed by atoms with E-state index in [9.17, 15) is 14.0 Å². The van der Waals surface area contributed by atoms with Gasteiger partial charge >= 0.3 is 5.97 Å². The molecule has 2 aliphatic heterocycles. The van der Waals surface area contributed by atoms with Crippen LogP contribution in [0.25, 0.3) is 0 Å². The zero-order valence-corrected chi connectivity index (χ0v) is 21.0. The van der Waals surface area contributed by atoms with Gasteiger partial charge in [0.25, 0.3) is 0 Å². The van der Waals surface area contributed by atoms with Gasteiger partial charge in [0.1, 0.15) is 5.82 Å². The Morgan fingerprint density at radius 1 is 1.15 bits per heavy atom. The van der Waals surface area contributed by atoms with Gasteiger partial charge in [-0.25, -0.2) is 4.39 Å². The first-order valence-corrected chi connectivity index (χ1v) is 13.2. The number of benzene rings is 1. The van der Waals surface area contributed by atoms with E-state index in [-0.39, 0.29) is 28.7 Å².